The second kappa shape index (κ2) is 2.74. The lowest BCUT2D eigenvalue weighted by atomic mass is 9.52. The van der Waals surface area contributed by atoms with Crippen LogP contribution in [0.15, 0.2) is 0 Å². The molecule has 4 fully saturated rings. The fraction of sp³-hybridized carbons (Fsp3) is 1.00. The summed E-state index contributed by atoms with van der Waals surface area (Å²) in [5.41, 5.74) is -1.04. The maximum absolute atomic E-state index is 11.1. The molecule has 4 rings (SSSR count). The van der Waals surface area contributed by atoms with Crippen LogP contribution in [0, 0.1) is 22.0 Å². The van der Waals surface area contributed by atoms with Crippen LogP contribution in [0.5, 0.6) is 0 Å². The van der Waals surface area contributed by atoms with E-state index in [1.807, 2.05) is 0 Å². The van der Waals surface area contributed by atoms with Crippen molar-refractivity contribution in [2.45, 2.75) is 48.1 Å². The number of hydrogen-bond acceptors (Lipinski definition) is 3. The normalized spacial score (nSPS) is 57.1. The Bertz CT molecular complexity index is 297. The maximum atomic E-state index is 11.1. The Kier molecular flexibility index (Phi) is 1.83. The SMILES string of the molecule is O=[N+]([O-])[C@H]1C2(O)C[C@H]3C[C@@H](C2)CC1(Br)C3. The van der Waals surface area contributed by atoms with Gasteiger partial charge < -0.3 is 5.11 Å². The van der Waals surface area contributed by atoms with Crippen LogP contribution in [0.4, 0.5) is 0 Å². The lowest BCUT2D eigenvalue weighted by molar-refractivity contribution is -0.563. The summed E-state index contributed by atoms with van der Waals surface area (Å²) in [7, 11) is 0. The third-order valence-electron chi connectivity index (χ3n) is 4.42. The highest BCUT2D eigenvalue weighted by molar-refractivity contribution is 9.10. The first-order valence-corrected chi connectivity index (χ1v) is 6.27. The largest absolute Gasteiger partial charge is 0.383 e. The van der Waals surface area contributed by atoms with E-state index in [0.717, 1.165) is 19.3 Å². The van der Waals surface area contributed by atoms with Gasteiger partial charge in [-0.3, -0.25) is 10.1 Å². The minimum atomic E-state index is -1.04. The quantitative estimate of drug-likeness (QED) is 0.450. The van der Waals surface area contributed by atoms with Crippen molar-refractivity contribution >= 4 is 15.9 Å². The van der Waals surface area contributed by atoms with Gasteiger partial charge in [-0.2, -0.15) is 0 Å². The molecule has 4 bridgehead atoms. The highest BCUT2D eigenvalue weighted by atomic mass is 79.9. The zero-order chi connectivity index (χ0) is 10.8. The van der Waals surface area contributed by atoms with Gasteiger partial charge in [0.2, 0.25) is 0 Å². The van der Waals surface area contributed by atoms with Crippen LogP contribution in [-0.4, -0.2) is 26.0 Å². The third kappa shape index (κ3) is 1.22. The van der Waals surface area contributed by atoms with Gasteiger partial charge in [0, 0.05) is 4.92 Å². The van der Waals surface area contributed by atoms with Crippen LogP contribution in [0.2, 0.25) is 0 Å². The Morgan fingerprint density at radius 3 is 2.20 bits per heavy atom. The summed E-state index contributed by atoms with van der Waals surface area (Å²) in [5, 5.41) is 21.5. The lowest BCUT2D eigenvalue weighted by Crippen LogP contribution is -2.69. The fourth-order valence-electron chi connectivity index (χ4n) is 4.39. The second-order valence-corrected chi connectivity index (χ2v) is 7.19. The van der Waals surface area contributed by atoms with Crippen molar-refractivity contribution < 1.29 is 10.0 Å². The summed E-state index contributed by atoms with van der Waals surface area (Å²) in [6, 6.07) is -0.808. The van der Waals surface area contributed by atoms with Gasteiger partial charge >= 0.3 is 0 Å². The molecule has 4 saturated carbocycles. The minimum Gasteiger partial charge on any atom is -0.383 e. The molecule has 0 radical (unpaired) electrons. The van der Waals surface area contributed by atoms with Crippen LogP contribution < -0.4 is 0 Å². The number of nitrogens with zero attached hydrogens (tertiary/aromatic N) is 1. The van der Waals surface area contributed by atoms with Crippen molar-refractivity contribution in [3.05, 3.63) is 10.1 Å². The average molecular weight is 276 g/mol. The standard InChI is InChI=1S/C10H14BrNO3/c11-9-2-6-1-7(3-9)5-10(13,4-6)8(9)12(14)15/h6-8,13H,1-5H2/t6-,7+,8-,9?,10?/m1/s1. The zero-order valence-corrected chi connectivity index (χ0v) is 9.94. The van der Waals surface area contributed by atoms with Crippen LogP contribution in [0.25, 0.3) is 0 Å². The molecule has 2 unspecified atom stereocenters. The molecule has 4 aliphatic carbocycles. The third-order valence-corrected chi connectivity index (χ3v) is 5.50. The van der Waals surface area contributed by atoms with Gasteiger partial charge in [0.1, 0.15) is 5.60 Å². The summed E-state index contributed by atoms with van der Waals surface area (Å²) < 4.78 is -0.435. The van der Waals surface area contributed by atoms with Crippen molar-refractivity contribution in [1.82, 2.24) is 0 Å². The molecule has 4 aliphatic rings. The molecule has 5 heteroatoms. The summed E-state index contributed by atoms with van der Waals surface area (Å²) in [6.45, 7) is 0. The van der Waals surface area contributed by atoms with E-state index in [0.29, 0.717) is 24.7 Å². The first-order valence-electron chi connectivity index (χ1n) is 5.48. The monoisotopic (exact) mass is 275 g/mol. The first kappa shape index (κ1) is 10.0. The van der Waals surface area contributed by atoms with Gasteiger partial charge in [-0.1, -0.05) is 15.9 Å². The minimum absolute atomic E-state index is 0.271. The van der Waals surface area contributed by atoms with E-state index in [-0.39, 0.29) is 4.92 Å². The van der Waals surface area contributed by atoms with E-state index in [2.05, 4.69) is 15.9 Å². The Hall–Kier alpha value is -0.160. The smallest absolute Gasteiger partial charge is 0.256 e. The van der Waals surface area contributed by atoms with Gasteiger partial charge in [0.05, 0.1) is 4.32 Å². The lowest BCUT2D eigenvalue weighted by Gasteiger charge is -2.58. The first-order chi connectivity index (χ1) is 6.93. The number of rotatable bonds is 1. The molecule has 5 atom stereocenters. The van der Waals surface area contributed by atoms with Gasteiger partial charge in [0.15, 0.2) is 0 Å². The molecule has 0 aliphatic heterocycles. The summed E-state index contributed by atoms with van der Waals surface area (Å²) in [5.74, 6) is 0.969. The van der Waals surface area contributed by atoms with E-state index >= 15 is 0 Å². The van der Waals surface area contributed by atoms with Crippen molar-refractivity contribution in [2.75, 3.05) is 0 Å². The topological polar surface area (TPSA) is 63.4 Å². The Labute approximate surface area is 96.3 Å². The molecule has 1 N–H and O–H groups in total. The molecule has 0 aromatic carbocycles. The molecular weight excluding hydrogens is 262 g/mol. The summed E-state index contributed by atoms with van der Waals surface area (Å²) in [4.78, 5) is 10.8. The van der Waals surface area contributed by atoms with Crippen molar-refractivity contribution in [1.29, 1.82) is 0 Å². The average Bonchev–Trinajstić information content (AvgIpc) is 1.94. The van der Waals surface area contributed by atoms with E-state index in [1.54, 1.807) is 0 Å². The number of halogens is 1. The molecule has 0 spiro atoms. The van der Waals surface area contributed by atoms with Crippen LogP contribution in [-0.2, 0) is 0 Å². The summed E-state index contributed by atoms with van der Waals surface area (Å²) >= 11 is 3.56. The van der Waals surface area contributed by atoms with Crippen molar-refractivity contribution in [2.24, 2.45) is 11.8 Å². The van der Waals surface area contributed by atoms with Crippen LogP contribution >= 0.6 is 15.9 Å². The van der Waals surface area contributed by atoms with E-state index in [4.69, 9.17) is 0 Å². The maximum Gasteiger partial charge on any atom is 0.256 e. The Morgan fingerprint density at radius 1 is 1.27 bits per heavy atom. The predicted molar refractivity (Wildman–Crippen MR) is 57.5 cm³/mol. The molecular formula is C10H14BrNO3. The highest BCUT2D eigenvalue weighted by Gasteiger charge is 2.68. The predicted octanol–water partition coefficient (Wildman–Crippen LogP) is 1.72. The molecule has 15 heavy (non-hydrogen) atoms. The van der Waals surface area contributed by atoms with Crippen LogP contribution in [0.1, 0.15) is 32.1 Å². The molecule has 0 aromatic heterocycles. The van der Waals surface area contributed by atoms with E-state index in [9.17, 15) is 15.2 Å². The molecule has 0 aromatic rings. The highest BCUT2D eigenvalue weighted by Crippen LogP contribution is 2.61. The number of hydrogen-bond donors (Lipinski definition) is 1. The van der Waals surface area contributed by atoms with Gasteiger partial charge in [0.25, 0.3) is 6.04 Å². The Morgan fingerprint density at radius 2 is 1.80 bits per heavy atom. The molecule has 4 nitrogen and oxygen atoms in total. The molecule has 0 saturated heterocycles. The number of alkyl halides is 1. The van der Waals surface area contributed by atoms with Crippen molar-refractivity contribution in [3.63, 3.8) is 0 Å². The van der Waals surface area contributed by atoms with Crippen molar-refractivity contribution in [3.8, 4) is 0 Å². The number of nitro groups is 1. The fourth-order valence-corrected chi connectivity index (χ4v) is 5.90. The Balaban J connectivity index is 2.05. The van der Waals surface area contributed by atoms with E-state index < -0.39 is 16.0 Å². The van der Waals surface area contributed by atoms with Gasteiger partial charge in [-0.05, 0) is 43.9 Å². The molecule has 0 amide bonds. The molecule has 0 heterocycles. The summed E-state index contributed by atoms with van der Waals surface area (Å²) in [6.07, 6.45) is 4.13. The molecule has 84 valence electrons. The van der Waals surface area contributed by atoms with Gasteiger partial charge in [-0.15, -0.1) is 0 Å². The second-order valence-electron chi connectivity index (χ2n) is 5.61. The van der Waals surface area contributed by atoms with E-state index in [1.165, 1.54) is 0 Å². The number of aliphatic hydroxyl groups is 1. The van der Waals surface area contributed by atoms with Crippen LogP contribution in [0.3, 0.4) is 0 Å². The zero-order valence-electron chi connectivity index (χ0n) is 8.36. The van der Waals surface area contributed by atoms with Gasteiger partial charge in [-0.25, -0.2) is 0 Å².